The minimum absolute atomic E-state index is 0.0913. The lowest BCUT2D eigenvalue weighted by molar-refractivity contribution is -0.132. The Bertz CT molecular complexity index is 293. The summed E-state index contributed by atoms with van der Waals surface area (Å²) in [6, 6.07) is -0.252. The van der Waals surface area contributed by atoms with Gasteiger partial charge < -0.3 is 9.64 Å². The highest BCUT2D eigenvalue weighted by Crippen LogP contribution is 2.25. The topological polar surface area (TPSA) is 41.9 Å². The molecule has 2 aliphatic heterocycles. The maximum atomic E-state index is 11.9. The number of fused-ring (bicyclic) bond motifs is 1. The molecule has 1 amide bonds. The fourth-order valence-electron chi connectivity index (χ4n) is 2.17. The third kappa shape index (κ3) is 1.85. The number of carbonyl (C=O) groups excluding carboxylic acids is 1. The molecule has 2 atom stereocenters. The normalized spacial score (nSPS) is 30.1. The van der Waals surface area contributed by atoms with Crippen molar-refractivity contribution in [2.45, 2.75) is 31.8 Å². The summed E-state index contributed by atoms with van der Waals surface area (Å²) in [5.74, 6) is 1.29. The van der Waals surface area contributed by atoms with Crippen LogP contribution < -0.4 is 0 Å². The average Bonchev–Trinajstić information content (AvgIpc) is 2.71. The van der Waals surface area contributed by atoms with E-state index < -0.39 is 0 Å². The quantitative estimate of drug-likeness (QED) is 0.708. The monoisotopic (exact) mass is 228 g/mol. The molecule has 4 nitrogen and oxygen atoms in total. The minimum atomic E-state index is -0.343. The molecule has 0 spiro atoms. The van der Waals surface area contributed by atoms with Gasteiger partial charge in [-0.3, -0.25) is 4.79 Å². The second-order valence-corrected chi connectivity index (χ2v) is 4.15. The van der Waals surface area contributed by atoms with E-state index in [1.54, 1.807) is 0 Å². The summed E-state index contributed by atoms with van der Waals surface area (Å²) >= 11 is 4.15. The van der Waals surface area contributed by atoms with E-state index in [9.17, 15) is 4.79 Å². The van der Waals surface area contributed by atoms with Crippen molar-refractivity contribution in [1.82, 2.24) is 4.90 Å². The zero-order valence-corrected chi connectivity index (χ0v) is 9.74. The summed E-state index contributed by atoms with van der Waals surface area (Å²) in [7, 11) is 0. The number of nitrogens with zero attached hydrogens (tertiary/aromatic N) is 2. The van der Waals surface area contributed by atoms with Gasteiger partial charge in [-0.15, -0.1) is 0 Å². The summed E-state index contributed by atoms with van der Waals surface area (Å²) in [5.41, 5.74) is 0. The average molecular weight is 228 g/mol. The molecule has 0 radical (unpaired) electrons. The van der Waals surface area contributed by atoms with Crippen LogP contribution in [-0.2, 0) is 9.53 Å². The molecule has 84 valence electrons. The predicted octanol–water partition coefficient (Wildman–Crippen LogP) is 0.724. The first kappa shape index (κ1) is 10.8. The Hall–Kier alpha value is -0.710. The van der Waals surface area contributed by atoms with Crippen molar-refractivity contribution in [3.8, 4) is 0 Å². The number of hydrogen-bond acceptors (Lipinski definition) is 4. The number of amides is 1. The molecule has 0 aromatic heterocycles. The predicted molar refractivity (Wildman–Crippen MR) is 61.4 cm³/mol. The second kappa shape index (κ2) is 4.43. The fraction of sp³-hybridized carbons (Fsp3) is 0.800. The van der Waals surface area contributed by atoms with Crippen LogP contribution in [0.25, 0.3) is 0 Å². The van der Waals surface area contributed by atoms with Crippen LogP contribution >= 0.6 is 12.6 Å². The Morgan fingerprint density at radius 3 is 3.13 bits per heavy atom. The van der Waals surface area contributed by atoms with E-state index in [0.717, 1.165) is 25.3 Å². The van der Waals surface area contributed by atoms with Crippen LogP contribution in [0.2, 0.25) is 0 Å². The van der Waals surface area contributed by atoms with Crippen LogP contribution in [0.3, 0.4) is 0 Å². The first-order valence-corrected chi connectivity index (χ1v) is 6.03. The third-order valence-corrected chi connectivity index (χ3v) is 3.20. The van der Waals surface area contributed by atoms with Gasteiger partial charge >= 0.3 is 0 Å². The van der Waals surface area contributed by atoms with E-state index in [4.69, 9.17) is 4.74 Å². The molecule has 0 saturated carbocycles. The van der Waals surface area contributed by atoms with Crippen molar-refractivity contribution in [2.75, 3.05) is 18.9 Å². The van der Waals surface area contributed by atoms with E-state index >= 15 is 0 Å². The Morgan fingerprint density at radius 1 is 1.67 bits per heavy atom. The van der Waals surface area contributed by atoms with E-state index in [1.165, 1.54) is 0 Å². The standard InChI is InChI=1S/C10H16N2O2S/c1-2-14-9-8-4-3-5-12(8)10(13)7(6-15)11-9/h7-8,15H,2-6H2,1H3/t7-,8+/m0/s1. The van der Waals surface area contributed by atoms with Gasteiger partial charge in [0.15, 0.2) is 0 Å². The summed E-state index contributed by atoms with van der Waals surface area (Å²) in [4.78, 5) is 18.1. The van der Waals surface area contributed by atoms with Gasteiger partial charge in [0.1, 0.15) is 12.1 Å². The zero-order chi connectivity index (χ0) is 10.8. The van der Waals surface area contributed by atoms with Gasteiger partial charge in [0.25, 0.3) is 0 Å². The smallest absolute Gasteiger partial charge is 0.249 e. The number of aliphatic imine (C=N–C) groups is 1. The van der Waals surface area contributed by atoms with Gasteiger partial charge in [-0.05, 0) is 19.8 Å². The number of thiol groups is 1. The molecule has 0 unspecified atom stereocenters. The maximum Gasteiger partial charge on any atom is 0.249 e. The van der Waals surface area contributed by atoms with E-state index in [0.29, 0.717) is 12.4 Å². The molecule has 1 fully saturated rings. The molecule has 2 heterocycles. The number of rotatable bonds is 2. The van der Waals surface area contributed by atoms with Crippen molar-refractivity contribution >= 4 is 24.4 Å². The van der Waals surface area contributed by atoms with Crippen molar-refractivity contribution in [2.24, 2.45) is 4.99 Å². The van der Waals surface area contributed by atoms with E-state index in [1.807, 2.05) is 11.8 Å². The van der Waals surface area contributed by atoms with Gasteiger partial charge in [-0.25, -0.2) is 4.99 Å². The van der Waals surface area contributed by atoms with Crippen LogP contribution in [0.1, 0.15) is 19.8 Å². The van der Waals surface area contributed by atoms with E-state index in [2.05, 4.69) is 17.6 Å². The fourth-order valence-corrected chi connectivity index (χ4v) is 2.41. The zero-order valence-electron chi connectivity index (χ0n) is 8.85. The Kier molecular flexibility index (Phi) is 3.19. The van der Waals surface area contributed by atoms with Gasteiger partial charge in [0, 0.05) is 12.3 Å². The third-order valence-electron chi connectivity index (χ3n) is 2.85. The molecule has 0 aliphatic carbocycles. The highest BCUT2D eigenvalue weighted by atomic mass is 32.1. The Labute approximate surface area is 95.1 Å². The van der Waals surface area contributed by atoms with Crippen molar-refractivity contribution in [1.29, 1.82) is 0 Å². The molecular formula is C10H16N2O2S. The van der Waals surface area contributed by atoms with Gasteiger partial charge in [0.05, 0.1) is 6.61 Å². The molecule has 5 heteroatoms. The van der Waals surface area contributed by atoms with Gasteiger partial charge in [-0.2, -0.15) is 12.6 Å². The largest absolute Gasteiger partial charge is 0.480 e. The van der Waals surface area contributed by atoms with Gasteiger partial charge in [-0.1, -0.05) is 0 Å². The van der Waals surface area contributed by atoms with E-state index in [-0.39, 0.29) is 18.0 Å². The minimum Gasteiger partial charge on any atom is -0.480 e. The molecule has 2 rings (SSSR count). The molecule has 0 N–H and O–H groups in total. The van der Waals surface area contributed by atoms with Crippen LogP contribution in [0.5, 0.6) is 0 Å². The molecule has 15 heavy (non-hydrogen) atoms. The number of carbonyl (C=O) groups is 1. The summed E-state index contributed by atoms with van der Waals surface area (Å²) in [6.07, 6.45) is 2.02. The van der Waals surface area contributed by atoms with Crippen LogP contribution in [0.15, 0.2) is 4.99 Å². The number of ether oxygens (including phenoxy) is 1. The molecular weight excluding hydrogens is 212 g/mol. The molecule has 0 aromatic rings. The second-order valence-electron chi connectivity index (χ2n) is 3.79. The van der Waals surface area contributed by atoms with Crippen LogP contribution in [0.4, 0.5) is 0 Å². The first-order valence-electron chi connectivity index (χ1n) is 5.39. The summed E-state index contributed by atoms with van der Waals surface area (Å²) < 4.78 is 5.50. The molecule has 1 saturated heterocycles. The van der Waals surface area contributed by atoms with Crippen LogP contribution in [0, 0.1) is 0 Å². The Morgan fingerprint density at radius 2 is 2.47 bits per heavy atom. The van der Waals surface area contributed by atoms with Crippen molar-refractivity contribution < 1.29 is 9.53 Å². The highest BCUT2D eigenvalue weighted by Gasteiger charge is 2.40. The maximum absolute atomic E-state index is 11.9. The molecule has 0 bridgehead atoms. The van der Waals surface area contributed by atoms with Gasteiger partial charge in [0.2, 0.25) is 11.8 Å². The molecule has 0 aromatic carbocycles. The summed E-state index contributed by atoms with van der Waals surface area (Å²) in [5, 5.41) is 0. The lowest BCUT2D eigenvalue weighted by atomic mass is 10.1. The Balaban J connectivity index is 2.23. The van der Waals surface area contributed by atoms with Crippen molar-refractivity contribution in [3.63, 3.8) is 0 Å². The summed E-state index contributed by atoms with van der Waals surface area (Å²) in [6.45, 7) is 3.38. The lowest BCUT2D eigenvalue weighted by Gasteiger charge is -2.32. The number of hydrogen-bond donors (Lipinski definition) is 1. The van der Waals surface area contributed by atoms with Crippen molar-refractivity contribution in [3.05, 3.63) is 0 Å². The highest BCUT2D eigenvalue weighted by molar-refractivity contribution is 7.80. The SMILES string of the molecule is CCOC1=N[C@@H](CS)C(=O)N2CCC[C@H]12. The first-order chi connectivity index (χ1) is 7.27. The lowest BCUT2D eigenvalue weighted by Crippen LogP contribution is -2.51. The van der Waals surface area contributed by atoms with Crippen LogP contribution in [-0.4, -0.2) is 47.7 Å². The molecule has 2 aliphatic rings.